The Hall–Kier alpha value is -1.23. The monoisotopic (exact) mass is 315 g/mol. The third kappa shape index (κ3) is 4.13. The molecule has 1 aromatic carbocycles. The van der Waals surface area contributed by atoms with Crippen LogP contribution < -0.4 is 5.32 Å². The molecule has 0 saturated heterocycles. The average molecular weight is 316 g/mol. The van der Waals surface area contributed by atoms with Crippen LogP contribution in [-0.2, 0) is 17.8 Å². The largest absolute Gasteiger partial charge is 0.481 e. The number of carboxylic acid groups (broad SMARTS) is 1. The number of carboxylic acids is 1. The molecule has 1 heterocycles. The van der Waals surface area contributed by atoms with Gasteiger partial charge >= 0.3 is 5.97 Å². The first-order valence-corrected chi connectivity index (χ1v) is 7.10. The van der Waals surface area contributed by atoms with E-state index in [-0.39, 0.29) is 6.42 Å². The topological polar surface area (TPSA) is 49.3 Å². The highest BCUT2D eigenvalue weighted by molar-refractivity contribution is 7.12. The van der Waals surface area contributed by atoms with E-state index in [2.05, 4.69) is 5.32 Å². The number of hydrogen-bond acceptors (Lipinski definition) is 3. The normalized spacial score (nSPS) is 10.4. The van der Waals surface area contributed by atoms with Gasteiger partial charge in [-0.3, -0.25) is 4.79 Å². The van der Waals surface area contributed by atoms with Gasteiger partial charge in [0.1, 0.15) is 0 Å². The van der Waals surface area contributed by atoms with E-state index in [1.54, 1.807) is 18.2 Å². The van der Waals surface area contributed by atoms with Crippen LogP contribution in [0.5, 0.6) is 0 Å². The Bertz CT molecular complexity index is 598. The maximum atomic E-state index is 10.6. The lowest BCUT2D eigenvalue weighted by Crippen LogP contribution is -1.98. The van der Waals surface area contributed by atoms with Gasteiger partial charge in [-0.1, -0.05) is 23.2 Å². The molecule has 3 nitrogen and oxygen atoms in total. The van der Waals surface area contributed by atoms with E-state index in [1.807, 2.05) is 12.1 Å². The molecule has 0 aliphatic heterocycles. The number of hydrogen-bond donors (Lipinski definition) is 2. The SMILES string of the molecule is O=C(O)Cc1ccc(CNc2cc(Cl)ccc2Cl)s1. The number of rotatable bonds is 5. The van der Waals surface area contributed by atoms with Crippen molar-refractivity contribution in [1.29, 1.82) is 0 Å². The second-order valence-electron chi connectivity index (χ2n) is 3.92. The van der Waals surface area contributed by atoms with E-state index in [9.17, 15) is 4.79 Å². The van der Waals surface area contributed by atoms with Gasteiger partial charge in [0.15, 0.2) is 0 Å². The molecule has 0 aliphatic carbocycles. The number of halogens is 2. The van der Waals surface area contributed by atoms with E-state index >= 15 is 0 Å². The van der Waals surface area contributed by atoms with Crippen LogP contribution in [-0.4, -0.2) is 11.1 Å². The molecule has 0 aliphatic rings. The molecule has 0 unspecified atom stereocenters. The standard InChI is InChI=1S/C13H11Cl2NO2S/c14-8-1-4-11(15)12(5-8)16-7-10-3-2-9(19-10)6-13(17)18/h1-5,16H,6-7H2,(H,17,18). The summed E-state index contributed by atoms with van der Waals surface area (Å²) in [6, 6.07) is 8.96. The van der Waals surface area contributed by atoms with Crippen molar-refractivity contribution >= 4 is 46.2 Å². The molecular weight excluding hydrogens is 305 g/mol. The molecule has 0 saturated carbocycles. The molecule has 2 aromatic rings. The van der Waals surface area contributed by atoms with Gasteiger partial charge in [-0.25, -0.2) is 0 Å². The molecule has 0 radical (unpaired) electrons. The van der Waals surface area contributed by atoms with E-state index in [4.69, 9.17) is 28.3 Å². The highest BCUT2D eigenvalue weighted by Gasteiger charge is 2.06. The molecule has 0 bridgehead atoms. The van der Waals surface area contributed by atoms with Gasteiger partial charge in [0, 0.05) is 21.3 Å². The Labute approximate surface area is 124 Å². The van der Waals surface area contributed by atoms with Gasteiger partial charge in [0.25, 0.3) is 0 Å². The lowest BCUT2D eigenvalue weighted by atomic mass is 10.3. The quantitative estimate of drug-likeness (QED) is 0.865. The smallest absolute Gasteiger partial charge is 0.308 e. The first-order valence-electron chi connectivity index (χ1n) is 5.53. The summed E-state index contributed by atoms with van der Waals surface area (Å²) in [4.78, 5) is 12.5. The highest BCUT2D eigenvalue weighted by atomic mass is 35.5. The Morgan fingerprint density at radius 3 is 2.68 bits per heavy atom. The van der Waals surface area contributed by atoms with E-state index < -0.39 is 5.97 Å². The van der Waals surface area contributed by atoms with Crippen LogP contribution in [0, 0.1) is 0 Å². The third-order valence-corrected chi connectivity index (χ3v) is 4.07. The van der Waals surface area contributed by atoms with Crippen LogP contribution in [0.2, 0.25) is 10.0 Å². The maximum absolute atomic E-state index is 10.6. The van der Waals surface area contributed by atoms with Gasteiger partial charge in [-0.05, 0) is 30.3 Å². The molecule has 2 rings (SSSR count). The Morgan fingerprint density at radius 2 is 1.95 bits per heavy atom. The van der Waals surface area contributed by atoms with Gasteiger partial charge in [-0.15, -0.1) is 11.3 Å². The van der Waals surface area contributed by atoms with Crippen molar-refractivity contribution in [2.75, 3.05) is 5.32 Å². The van der Waals surface area contributed by atoms with Crippen LogP contribution in [0.4, 0.5) is 5.69 Å². The predicted molar refractivity (Wildman–Crippen MR) is 79.4 cm³/mol. The number of aliphatic carboxylic acids is 1. The van der Waals surface area contributed by atoms with Crippen molar-refractivity contribution < 1.29 is 9.90 Å². The summed E-state index contributed by atoms with van der Waals surface area (Å²) in [6.45, 7) is 0.588. The van der Waals surface area contributed by atoms with Gasteiger partial charge < -0.3 is 10.4 Å². The van der Waals surface area contributed by atoms with Crippen molar-refractivity contribution in [3.05, 3.63) is 50.1 Å². The van der Waals surface area contributed by atoms with Crippen molar-refractivity contribution in [1.82, 2.24) is 0 Å². The van der Waals surface area contributed by atoms with Crippen molar-refractivity contribution in [2.45, 2.75) is 13.0 Å². The zero-order valence-electron chi connectivity index (χ0n) is 9.82. The Kier molecular flexibility index (Phi) is 4.69. The summed E-state index contributed by atoms with van der Waals surface area (Å²) < 4.78 is 0. The summed E-state index contributed by atoms with van der Waals surface area (Å²) in [7, 11) is 0. The fourth-order valence-corrected chi connectivity index (χ4v) is 2.88. The van der Waals surface area contributed by atoms with E-state index in [1.165, 1.54) is 11.3 Å². The van der Waals surface area contributed by atoms with Crippen molar-refractivity contribution in [3.8, 4) is 0 Å². The number of carbonyl (C=O) groups is 1. The van der Waals surface area contributed by atoms with Crippen LogP contribution >= 0.6 is 34.5 Å². The minimum atomic E-state index is -0.820. The van der Waals surface area contributed by atoms with Crippen LogP contribution in [0.15, 0.2) is 30.3 Å². The second kappa shape index (κ2) is 6.28. The second-order valence-corrected chi connectivity index (χ2v) is 6.01. The molecule has 0 amide bonds. The lowest BCUT2D eigenvalue weighted by molar-refractivity contribution is -0.136. The Balaban J connectivity index is 2.00. The first kappa shape index (κ1) is 14.2. The van der Waals surface area contributed by atoms with Gasteiger partial charge in [-0.2, -0.15) is 0 Å². The summed E-state index contributed by atoms with van der Waals surface area (Å²) in [5.41, 5.74) is 0.766. The van der Waals surface area contributed by atoms with E-state index in [0.717, 1.165) is 15.4 Å². The zero-order valence-corrected chi connectivity index (χ0v) is 12.1. The van der Waals surface area contributed by atoms with Crippen LogP contribution in [0.1, 0.15) is 9.75 Å². The molecule has 6 heteroatoms. The molecule has 100 valence electrons. The van der Waals surface area contributed by atoms with E-state index in [0.29, 0.717) is 16.6 Å². The highest BCUT2D eigenvalue weighted by Crippen LogP contribution is 2.26. The number of benzene rings is 1. The van der Waals surface area contributed by atoms with Gasteiger partial charge in [0.05, 0.1) is 17.1 Å². The Morgan fingerprint density at radius 1 is 1.21 bits per heavy atom. The van der Waals surface area contributed by atoms with Crippen LogP contribution in [0.3, 0.4) is 0 Å². The minimum absolute atomic E-state index is 0.0581. The number of thiophene rings is 1. The first-order chi connectivity index (χ1) is 9.04. The maximum Gasteiger partial charge on any atom is 0.308 e. The molecule has 0 atom stereocenters. The minimum Gasteiger partial charge on any atom is -0.481 e. The molecule has 2 N–H and O–H groups in total. The fraction of sp³-hybridized carbons (Fsp3) is 0.154. The summed E-state index contributed by atoms with van der Waals surface area (Å²) in [6.07, 6.45) is 0.0581. The van der Waals surface area contributed by atoms with Crippen molar-refractivity contribution in [2.24, 2.45) is 0 Å². The number of nitrogens with one attached hydrogen (secondary N) is 1. The summed E-state index contributed by atoms with van der Waals surface area (Å²) in [5, 5.41) is 13.1. The lowest BCUT2D eigenvalue weighted by Gasteiger charge is -2.07. The molecular formula is C13H11Cl2NO2S. The molecule has 1 aromatic heterocycles. The predicted octanol–water partition coefficient (Wildman–Crippen LogP) is 4.29. The molecule has 0 spiro atoms. The molecule has 0 fully saturated rings. The fourth-order valence-electron chi connectivity index (χ4n) is 1.58. The summed E-state index contributed by atoms with van der Waals surface area (Å²) >= 11 is 13.4. The number of anilines is 1. The summed E-state index contributed by atoms with van der Waals surface area (Å²) in [5.74, 6) is -0.820. The van der Waals surface area contributed by atoms with Crippen LogP contribution in [0.25, 0.3) is 0 Å². The zero-order chi connectivity index (χ0) is 13.8. The average Bonchev–Trinajstić information content (AvgIpc) is 2.77. The van der Waals surface area contributed by atoms with Gasteiger partial charge in [0.2, 0.25) is 0 Å². The molecule has 19 heavy (non-hydrogen) atoms. The third-order valence-electron chi connectivity index (χ3n) is 2.42. The van der Waals surface area contributed by atoms with Crippen molar-refractivity contribution in [3.63, 3.8) is 0 Å².